The quantitative estimate of drug-likeness (QED) is 0.175. The monoisotopic (exact) mass is 728 g/mol. The molecule has 11 rings (SSSR count). The molecule has 3 heterocycles. The summed E-state index contributed by atoms with van der Waals surface area (Å²) in [6.07, 6.45) is 0. The molecule has 0 atom stereocenters. The van der Waals surface area contributed by atoms with Crippen molar-refractivity contribution >= 4 is 102 Å². The van der Waals surface area contributed by atoms with Gasteiger partial charge < -0.3 is 9.32 Å². The lowest BCUT2D eigenvalue weighted by atomic mass is 9.96. The predicted molar refractivity (Wildman–Crippen MR) is 225 cm³/mol. The third-order valence-electron chi connectivity index (χ3n) is 8.14. The van der Waals surface area contributed by atoms with E-state index in [1.807, 2.05) is 0 Å². The molecule has 244 valence electrons. The van der Waals surface area contributed by atoms with Gasteiger partial charge >= 0.3 is 0 Å². The molecule has 2 nitrogen and oxygen atoms in total. The first-order chi connectivity index (χ1) is 37.9. The van der Waals surface area contributed by atoms with Crippen LogP contribution in [0.2, 0.25) is 0 Å². The van der Waals surface area contributed by atoms with Crippen molar-refractivity contribution in [2.75, 3.05) is 4.90 Å². The zero-order valence-electron chi connectivity index (χ0n) is 54.7. The fraction of sp³-hybridized carbons (Fsp3) is 0. The van der Waals surface area contributed by atoms with E-state index in [1.165, 1.54) is 0 Å². The van der Waals surface area contributed by atoms with E-state index in [2.05, 4.69) is 0 Å². The molecule has 0 radical (unpaired) electrons. The van der Waals surface area contributed by atoms with Crippen LogP contribution in [0, 0.1) is 0 Å². The lowest BCUT2D eigenvalue weighted by molar-refractivity contribution is 0.670. The van der Waals surface area contributed by atoms with Gasteiger partial charge in [-0.1, -0.05) is 103 Å². The Morgan fingerprint density at radius 1 is 0.423 bits per heavy atom. The molecule has 0 saturated carbocycles. The van der Waals surface area contributed by atoms with Gasteiger partial charge in [-0.25, -0.2) is 0 Å². The summed E-state index contributed by atoms with van der Waals surface area (Å²) in [6, 6.07) is -25.5. The zero-order valence-corrected chi connectivity index (χ0v) is 27.3. The predicted octanol–water partition coefficient (Wildman–Crippen LogP) is 15.1. The molecule has 0 fully saturated rings. The minimum atomic E-state index is -1.19. The molecule has 0 N–H and O–H groups in total. The Labute approximate surface area is 348 Å². The number of rotatable bonds is 5. The lowest BCUT2D eigenvalue weighted by Gasteiger charge is -2.27. The molecule has 0 aliphatic rings. The summed E-state index contributed by atoms with van der Waals surface area (Å²) in [7, 11) is 0. The molecule has 0 amide bonds. The number of furan rings is 1. The summed E-state index contributed by atoms with van der Waals surface area (Å²) in [5, 5.41) is -2.58. The largest absolute Gasteiger partial charge is 0.455 e. The molecule has 0 spiro atoms. The van der Waals surface area contributed by atoms with Gasteiger partial charge in [0.2, 0.25) is 0 Å². The SMILES string of the molecule is [2H]c1c([2H])c([2H])c(N(c2c([2H])c([2H])c3sc4c([2H])c([2H])c([2H])c([2H])c4c3c2[2H])c2c([2H])c([2H])c(-c3c([2H])c([2H])c([2H])c(-c4c([2H])c([2H])c5c(sc6c([2H])c([2H])c([2H])c([2H])c65)c4[2H])c3[2H])c3oc4c([2H])c([2H])c([2H])c([2H])c4c23)c([2H])c1[2H]. The molecule has 0 aliphatic carbocycles. The van der Waals surface area contributed by atoms with E-state index in [0.717, 1.165) is 0 Å². The maximum absolute atomic E-state index is 10.0. The maximum atomic E-state index is 10.0. The summed E-state index contributed by atoms with van der Waals surface area (Å²) in [5.74, 6) is 0. The van der Waals surface area contributed by atoms with Crippen molar-refractivity contribution in [2.45, 2.75) is 0 Å². The van der Waals surface area contributed by atoms with Gasteiger partial charge in [-0.15, -0.1) is 22.7 Å². The summed E-state index contributed by atoms with van der Waals surface area (Å²) < 4.78 is 268. The molecular weight excluding hydrogens is 671 g/mol. The number of benzene rings is 8. The Morgan fingerprint density at radius 3 is 1.92 bits per heavy atom. The van der Waals surface area contributed by atoms with Crippen molar-refractivity contribution in [3.63, 3.8) is 0 Å². The number of anilines is 3. The van der Waals surface area contributed by atoms with Crippen LogP contribution in [-0.4, -0.2) is 0 Å². The van der Waals surface area contributed by atoms with Crippen molar-refractivity contribution in [3.05, 3.63) is 175 Å². The van der Waals surface area contributed by atoms with Crippen LogP contribution in [0.5, 0.6) is 0 Å². The average Bonchev–Trinajstić information content (AvgIpc) is 3.58. The van der Waals surface area contributed by atoms with Gasteiger partial charge in [-0.3, -0.25) is 0 Å². The highest BCUT2D eigenvalue weighted by molar-refractivity contribution is 7.26. The second-order valence-corrected chi connectivity index (χ2v) is 13.1. The molecule has 0 saturated heterocycles. The van der Waals surface area contributed by atoms with Crippen LogP contribution >= 0.6 is 22.7 Å². The average molecular weight is 729 g/mol. The molecule has 8 aromatic carbocycles. The fourth-order valence-corrected chi connectivity index (χ4v) is 7.81. The van der Waals surface area contributed by atoms with E-state index in [4.69, 9.17) is 27.7 Å². The topological polar surface area (TPSA) is 16.4 Å². The molecule has 11 aromatic rings. The smallest absolute Gasteiger partial charge is 0.145 e. The number of para-hydroxylation sites is 2. The summed E-state index contributed by atoms with van der Waals surface area (Å²) in [5.41, 5.74) is -7.64. The highest BCUT2D eigenvalue weighted by atomic mass is 32.1. The van der Waals surface area contributed by atoms with E-state index in [9.17, 15) is 16.4 Å². The number of fused-ring (bicyclic) bond motifs is 9. The van der Waals surface area contributed by atoms with Crippen LogP contribution in [0.4, 0.5) is 17.1 Å². The minimum Gasteiger partial charge on any atom is -0.455 e. The highest BCUT2D eigenvalue weighted by Gasteiger charge is 2.23. The first kappa shape index (κ1) is 12.8. The van der Waals surface area contributed by atoms with Gasteiger partial charge in [-0.05, 0) is 89.2 Å². The number of hydrogen-bond donors (Lipinski definition) is 0. The maximum Gasteiger partial charge on any atom is 0.145 e. The normalized spacial score (nSPS) is 19.7. The van der Waals surface area contributed by atoms with Gasteiger partial charge in [0.25, 0.3) is 0 Å². The van der Waals surface area contributed by atoms with Crippen molar-refractivity contribution in [3.8, 4) is 22.3 Å². The Kier molecular flexibility index (Phi) is 2.87. The molecule has 0 bridgehead atoms. The van der Waals surface area contributed by atoms with Crippen molar-refractivity contribution in [1.29, 1.82) is 0 Å². The van der Waals surface area contributed by atoms with Gasteiger partial charge in [0, 0.05) is 62.7 Å². The van der Waals surface area contributed by atoms with Crippen molar-refractivity contribution in [1.82, 2.24) is 0 Å². The Bertz CT molecular complexity index is 4800. The van der Waals surface area contributed by atoms with E-state index in [-0.39, 0.29) is 35.0 Å². The van der Waals surface area contributed by atoms with Gasteiger partial charge in [0.1, 0.15) is 11.2 Å². The zero-order chi connectivity index (χ0) is 59.4. The first-order valence-electron chi connectivity index (χ1n) is 29.6. The number of nitrogens with zero attached hydrogens (tertiary/aromatic N) is 1. The van der Waals surface area contributed by atoms with Crippen LogP contribution in [0.25, 0.3) is 84.5 Å². The van der Waals surface area contributed by atoms with Crippen LogP contribution in [0.15, 0.2) is 180 Å². The van der Waals surface area contributed by atoms with E-state index in [1.54, 1.807) is 0 Å². The second-order valence-electron chi connectivity index (χ2n) is 11.0. The summed E-state index contributed by atoms with van der Waals surface area (Å²) >= 11 is 1.27. The van der Waals surface area contributed by atoms with E-state index >= 15 is 0 Å². The van der Waals surface area contributed by atoms with Crippen LogP contribution < -0.4 is 4.90 Å². The summed E-state index contributed by atoms with van der Waals surface area (Å²) in [6.45, 7) is 0. The Morgan fingerprint density at radius 2 is 1.08 bits per heavy atom. The molecule has 0 unspecified atom stereocenters. The lowest BCUT2D eigenvalue weighted by Crippen LogP contribution is -2.10. The Hall–Kier alpha value is -6.20. The van der Waals surface area contributed by atoms with E-state index in [0.29, 0.717) is 27.6 Å². The number of thiophene rings is 2. The minimum absolute atomic E-state index is 0.0957. The second kappa shape index (κ2) is 11.7. The summed E-state index contributed by atoms with van der Waals surface area (Å²) in [4.78, 5) is 0.546. The fourth-order valence-electron chi connectivity index (χ4n) is 5.92. The molecule has 52 heavy (non-hydrogen) atoms. The molecular formula is C48H29NOS2. The third kappa shape index (κ3) is 4.62. The van der Waals surface area contributed by atoms with Gasteiger partial charge in [0.15, 0.2) is 0 Å². The van der Waals surface area contributed by atoms with Crippen molar-refractivity contribution in [2.24, 2.45) is 0 Å². The van der Waals surface area contributed by atoms with Gasteiger partial charge in [0.05, 0.1) is 50.8 Å². The molecule has 4 heteroatoms. The van der Waals surface area contributed by atoms with Crippen LogP contribution in [-0.2, 0) is 0 Å². The number of hydrogen-bond acceptors (Lipinski definition) is 4. The third-order valence-corrected chi connectivity index (χ3v) is 10.2. The van der Waals surface area contributed by atoms with E-state index < -0.39 is 242 Å². The van der Waals surface area contributed by atoms with Crippen LogP contribution in [0.1, 0.15) is 39.8 Å². The van der Waals surface area contributed by atoms with Crippen LogP contribution in [0.3, 0.4) is 0 Å². The Balaban J connectivity index is 1.35. The van der Waals surface area contributed by atoms with Gasteiger partial charge in [-0.2, -0.15) is 0 Å². The first-order valence-corrected chi connectivity index (χ1v) is 16.8. The highest BCUT2D eigenvalue weighted by Crippen LogP contribution is 2.47. The van der Waals surface area contributed by atoms with Crippen molar-refractivity contribution < 1.29 is 44.2 Å². The molecule has 3 aromatic heterocycles. The standard InChI is InChI=1S/C48H29NOS2/c1-2-13-33(14-3-1)49(34-22-26-45-40(29-34)37-16-6-9-20-44(37)51-45)41-25-24-35(48-47(41)39-17-4-7-18-42(39)50-48)32-12-10-11-30(27-32)31-21-23-38-36-15-5-8-19-43(36)52-46(38)28-31/h1-29H/i1D,2D,3D,4D,5D,6D,7D,8D,9D,10D,11D,12D,13D,14D,15D,16D,17D,18D,19D,20D,21D,22D,23D,24D,25D,26D,27D,28D,29D. The molecule has 0 aliphatic heterocycles.